The highest BCUT2D eigenvalue weighted by atomic mass is 16.5. The van der Waals surface area contributed by atoms with Gasteiger partial charge in [0.2, 0.25) is 0 Å². The minimum Gasteiger partial charge on any atom is -0.495 e. The van der Waals surface area contributed by atoms with E-state index in [0.717, 1.165) is 30.2 Å². The number of nitrogen functional groups attached to an aromatic ring is 1. The fourth-order valence-electron chi connectivity index (χ4n) is 2.37. The first-order valence-electron chi connectivity index (χ1n) is 6.15. The van der Waals surface area contributed by atoms with Crippen molar-refractivity contribution < 1.29 is 4.74 Å². The number of benzene rings is 1. The van der Waals surface area contributed by atoms with Crippen molar-refractivity contribution in [3.8, 4) is 17.1 Å². The number of ether oxygens (including phenoxy) is 1. The lowest BCUT2D eigenvalue weighted by molar-refractivity contribution is 0.417. The zero-order valence-corrected chi connectivity index (χ0v) is 10.4. The molecule has 1 aromatic carbocycles. The van der Waals surface area contributed by atoms with Crippen molar-refractivity contribution in [3.63, 3.8) is 0 Å². The van der Waals surface area contributed by atoms with E-state index < -0.39 is 0 Å². The van der Waals surface area contributed by atoms with E-state index in [4.69, 9.17) is 10.5 Å². The summed E-state index contributed by atoms with van der Waals surface area (Å²) < 4.78 is 7.43. The van der Waals surface area contributed by atoms with Crippen molar-refractivity contribution in [2.45, 2.75) is 25.8 Å². The molecule has 1 aliphatic rings. The molecule has 1 aromatic heterocycles. The molecule has 3 rings (SSSR count). The zero-order chi connectivity index (χ0) is 12.5. The number of fused-ring (bicyclic) bond motifs is 1. The molecular weight excluding hydrogens is 228 g/mol. The van der Waals surface area contributed by atoms with Crippen molar-refractivity contribution in [1.82, 2.24) is 14.8 Å². The molecule has 1 aliphatic heterocycles. The Bertz CT molecular complexity index is 576. The Kier molecular flexibility index (Phi) is 2.66. The Morgan fingerprint density at radius 2 is 2.17 bits per heavy atom. The normalized spacial score (nSPS) is 14.3. The van der Waals surface area contributed by atoms with Crippen molar-refractivity contribution in [2.24, 2.45) is 0 Å². The molecule has 2 aromatic rings. The third-order valence-electron chi connectivity index (χ3n) is 3.35. The smallest absolute Gasteiger partial charge is 0.164 e. The number of hydrogen-bond donors (Lipinski definition) is 1. The number of methoxy groups -OCH3 is 1. The first-order chi connectivity index (χ1) is 8.79. The Labute approximate surface area is 106 Å². The van der Waals surface area contributed by atoms with Gasteiger partial charge in [0.05, 0.1) is 12.8 Å². The lowest BCUT2D eigenvalue weighted by Crippen LogP contribution is -2.11. The maximum absolute atomic E-state index is 5.82. The highest BCUT2D eigenvalue weighted by Gasteiger charge is 2.17. The fraction of sp³-hybridized carbons (Fsp3) is 0.385. The molecule has 0 saturated carbocycles. The average molecular weight is 244 g/mol. The van der Waals surface area contributed by atoms with Crippen LogP contribution in [0.4, 0.5) is 5.69 Å². The predicted octanol–water partition coefficient (Wildman–Crippen LogP) is 1.87. The summed E-state index contributed by atoms with van der Waals surface area (Å²) in [5, 5.41) is 8.54. The van der Waals surface area contributed by atoms with Gasteiger partial charge in [-0.15, -0.1) is 10.2 Å². The Hall–Kier alpha value is -2.04. The molecule has 0 atom stereocenters. The maximum atomic E-state index is 5.82. The molecule has 5 heteroatoms. The van der Waals surface area contributed by atoms with E-state index in [0.29, 0.717) is 11.4 Å². The number of rotatable bonds is 2. The van der Waals surface area contributed by atoms with Crippen LogP contribution in [-0.4, -0.2) is 21.9 Å². The second kappa shape index (κ2) is 4.33. The molecule has 2 N–H and O–H groups in total. The zero-order valence-electron chi connectivity index (χ0n) is 10.4. The number of nitrogens with zero attached hydrogens (tertiary/aromatic N) is 3. The summed E-state index contributed by atoms with van der Waals surface area (Å²) in [5.74, 6) is 2.66. The molecule has 0 amide bonds. The summed E-state index contributed by atoms with van der Waals surface area (Å²) >= 11 is 0. The van der Waals surface area contributed by atoms with E-state index >= 15 is 0 Å². The van der Waals surface area contributed by atoms with E-state index in [2.05, 4.69) is 14.8 Å². The summed E-state index contributed by atoms with van der Waals surface area (Å²) in [7, 11) is 1.62. The number of aromatic nitrogens is 3. The quantitative estimate of drug-likeness (QED) is 0.819. The Balaban J connectivity index is 2.07. The molecule has 0 unspecified atom stereocenters. The summed E-state index contributed by atoms with van der Waals surface area (Å²) in [4.78, 5) is 0. The first-order valence-corrected chi connectivity index (χ1v) is 6.15. The van der Waals surface area contributed by atoms with Crippen LogP contribution >= 0.6 is 0 Å². The summed E-state index contributed by atoms with van der Waals surface area (Å²) in [6.45, 7) is 0.990. The van der Waals surface area contributed by atoms with Gasteiger partial charge in [0.25, 0.3) is 0 Å². The second-order valence-electron chi connectivity index (χ2n) is 4.51. The monoisotopic (exact) mass is 244 g/mol. The third-order valence-corrected chi connectivity index (χ3v) is 3.35. The van der Waals surface area contributed by atoms with Gasteiger partial charge in [0, 0.05) is 18.5 Å². The number of aryl methyl sites for hydroxylation is 1. The lowest BCUT2D eigenvalue weighted by atomic mass is 10.1. The van der Waals surface area contributed by atoms with Gasteiger partial charge in [-0.1, -0.05) is 0 Å². The Morgan fingerprint density at radius 1 is 1.28 bits per heavy atom. The van der Waals surface area contributed by atoms with Crippen molar-refractivity contribution >= 4 is 5.69 Å². The minimum absolute atomic E-state index is 0.639. The number of nitrogens with two attached hydrogens (primary N) is 1. The van der Waals surface area contributed by atoms with Crippen molar-refractivity contribution in [3.05, 3.63) is 24.0 Å². The molecule has 0 radical (unpaired) electrons. The van der Waals surface area contributed by atoms with Gasteiger partial charge in [-0.05, 0) is 31.0 Å². The number of hydrogen-bond acceptors (Lipinski definition) is 4. The van der Waals surface area contributed by atoms with E-state index in [1.807, 2.05) is 18.2 Å². The average Bonchev–Trinajstić information content (AvgIpc) is 2.83. The van der Waals surface area contributed by atoms with Crippen molar-refractivity contribution in [1.29, 1.82) is 0 Å². The van der Waals surface area contributed by atoms with Crippen LogP contribution in [0, 0.1) is 0 Å². The molecule has 2 heterocycles. The van der Waals surface area contributed by atoms with Crippen LogP contribution in [0.2, 0.25) is 0 Å². The van der Waals surface area contributed by atoms with Crippen LogP contribution in [0.5, 0.6) is 5.75 Å². The Morgan fingerprint density at radius 3 is 3.00 bits per heavy atom. The SMILES string of the molecule is COc1cc(-c2nnc3n2CCCC3)ccc1N. The molecule has 0 saturated heterocycles. The molecule has 0 spiro atoms. The fourth-order valence-corrected chi connectivity index (χ4v) is 2.37. The van der Waals surface area contributed by atoms with Gasteiger partial charge in [0.1, 0.15) is 11.6 Å². The highest BCUT2D eigenvalue weighted by molar-refractivity contribution is 5.65. The standard InChI is InChI=1S/C13H16N4O/c1-18-11-8-9(5-6-10(11)14)13-16-15-12-4-2-3-7-17(12)13/h5-6,8H,2-4,7,14H2,1H3. The van der Waals surface area contributed by atoms with E-state index in [9.17, 15) is 0 Å². The minimum atomic E-state index is 0.639. The van der Waals surface area contributed by atoms with Gasteiger partial charge in [0.15, 0.2) is 5.82 Å². The molecule has 0 fully saturated rings. The predicted molar refractivity (Wildman–Crippen MR) is 69.4 cm³/mol. The van der Waals surface area contributed by atoms with E-state index in [1.54, 1.807) is 7.11 Å². The first kappa shape index (κ1) is 11.1. The topological polar surface area (TPSA) is 66.0 Å². The molecule has 0 bridgehead atoms. The van der Waals surface area contributed by atoms with E-state index in [-0.39, 0.29) is 0 Å². The molecule has 94 valence electrons. The maximum Gasteiger partial charge on any atom is 0.164 e. The van der Waals surface area contributed by atoms with Crippen LogP contribution in [0.25, 0.3) is 11.4 Å². The molecule has 0 aliphatic carbocycles. The van der Waals surface area contributed by atoms with Crippen LogP contribution in [-0.2, 0) is 13.0 Å². The summed E-state index contributed by atoms with van der Waals surface area (Å²) in [6, 6.07) is 5.73. The highest BCUT2D eigenvalue weighted by Crippen LogP contribution is 2.29. The summed E-state index contributed by atoms with van der Waals surface area (Å²) in [5.41, 5.74) is 7.46. The third kappa shape index (κ3) is 1.72. The van der Waals surface area contributed by atoms with Crippen LogP contribution in [0.3, 0.4) is 0 Å². The molecule has 18 heavy (non-hydrogen) atoms. The van der Waals surface area contributed by atoms with Crippen LogP contribution in [0.1, 0.15) is 18.7 Å². The summed E-state index contributed by atoms with van der Waals surface area (Å²) in [6.07, 6.45) is 3.40. The van der Waals surface area contributed by atoms with Gasteiger partial charge in [-0.2, -0.15) is 0 Å². The molecule has 5 nitrogen and oxygen atoms in total. The molecular formula is C13H16N4O. The lowest BCUT2D eigenvalue weighted by Gasteiger charge is -2.15. The van der Waals surface area contributed by atoms with Gasteiger partial charge in [-0.3, -0.25) is 0 Å². The van der Waals surface area contributed by atoms with Gasteiger partial charge in [-0.25, -0.2) is 0 Å². The van der Waals surface area contributed by atoms with Crippen molar-refractivity contribution in [2.75, 3.05) is 12.8 Å². The largest absolute Gasteiger partial charge is 0.495 e. The van der Waals surface area contributed by atoms with E-state index in [1.165, 1.54) is 12.8 Å². The van der Waals surface area contributed by atoms with Gasteiger partial charge < -0.3 is 15.0 Å². The second-order valence-corrected chi connectivity index (χ2v) is 4.51. The van der Waals surface area contributed by atoms with Gasteiger partial charge >= 0.3 is 0 Å². The number of anilines is 1. The van der Waals surface area contributed by atoms with Crippen LogP contribution in [0.15, 0.2) is 18.2 Å². The van der Waals surface area contributed by atoms with Crippen LogP contribution < -0.4 is 10.5 Å².